The number of aliphatic hydroxyl groups excluding tert-OH is 2. The summed E-state index contributed by atoms with van der Waals surface area (Å²) in [6.45, 7) is 6.09. The summed E-state index contributed by atoms with van der Waals surface area (Å²) in [5.41, 5.74) is 5.85. The van der Waals surface area contributed by atoms with E-state index in [0.29, 0.717) is 6.42 Å². The van der Waals surface area contributed by atoms with Crippen molar-refractivity contribution in [3.63, 3.8) is 0 Å². The Hall–Kier alpha value is -0.200. The van der Waals surface area contributed by atoms with Crippen LogP contribution in [0.25, 0.3) is 0 Å². The van der Waals surface area contributed by atoms with Gasteiger partial charge in [-0.3, -0.25) is 9.80 Å². The first-order valence-electron chi connectivity index (χ1n) is 5.68. The van der Waals surface area contributed by atoms with E-state index in [9.17, 15) is 0 Å². The summed E-state index contributed by atoms with van der Waals surface area (Å²) in [5, 5.41) is 17.5. The van der Waals surface area contributed by atoms with Gasteiger partial charge >= 0.3 is 0 Å². The number of nitrogens with zero attached hydrogens (tertiary/aromatic N) is 2. The first-order chi connectivity index (χ1) is 7.26. The minimum Gasteiger partial charge on any atom is -0.396 e. The predicted octanol–water partition coefficient (Wildman–Crippen LogP) is -1.69. The number of hydrogen-bond acceptors (Lipinski definition) is 5. The Morgan fingerprint density at radius 2 is 1.60 bits per heavy atom. The molecule has 0 spiro atoms. The molecule has 0 bridgehead atoms. The van der Waals surface area contributed by atoms with Crippen molar-refractivity contribution in [2.45, 2.75) is 12.5 Å². The van der Waals surface area contributed by atoms with Crippen molar-refractivity contribution in [1.29, 1.82) is 0 Å². The molecule has 0 aromatic carbocycles. The van der Waals surface area contributed by atoms with Crippen LogP contribution < -0.4 is 5.73 Å². The highest BCUT2D eigenvalue weighted by atomic mass is 16.3. The molecule has 1 unspecified atom stereocenters. The highest BCUT2D eigenvalue weighted by Crippen LogP contribution is 2.02. The van der Waals surface area contributed by atoms with Crippen LogP contribution in [0.5, 0.6) is 0 Å². The quantitative estimate of drug-likeness (QED) is 0.495. The van der Waals surface area contributed by atoms with Crippen LogP contribution in [-0.2, 0) is 0 Å². The monoisotopic (exact) mass is 217 g/mol. The SMILES string of the molecule is NC(CCO)CN1CCN(CCO)CC1. The number of β-amino-alcohol motifs (C(OH)–C–C–N with tert-alkyl or cyclic N) is 1. The molecule has 5 heteroatoms. The molecule has 0 saturated carbocycles. The fourth-order valence-electron chi connectivity index (χ4n) is 1.93. The van der Waals surface area contributed by atoms with Gasteiger partial charge < -0.3 is 15.9 Å². The zero-order valence-electron chi connectivity index (χ0n) is 9.31. The minimum absolute atomic E-state index is 0.0828. The fourth-order valence-corrected chi connectivity index (χ4v) is 1.93. The Bertz CT molecular complexity index is 161. The van der Waals surface area contributed by atoms with E-state index < -0.39 is 0 Å². The van der Waals surface area contributed by atoms with E-state index in [4.69, 9.17) is 15.9 Å². The van der Waals surface area contributed by atoms with Crippen molar-refractivity contribution < 1.29 is 10.2 Å². The van der Waals surface area contributed by atoms with E-state index in [0.717, 1.165) is 39.3 Å². The lowest BCUT2D eigenvalue weighted by Crippen LogP contribution is -2.50. The molecule has 1 heterocycles. The van der Waals surface area contributed by atoms with Gasteiger partial charge in [0.15, 0.2) is 0 Å². The molecule has 15 heavy (non-hydrogen) atoms. The van der Waals surface area contributed by atoms with E-state index in [1.54, 1.807) is 0 Å². The van der Waals surface area contributed by atoms with Crippen molar-refractivity contribution in [2.75, 3.05) is 52.5 Å². The van der Waals surface area contributed by atoms with E-state index in [1.807, 2.05) is 0 Å². The smallest absolute Gasteiger partial charge is 0.0558 e. The molecule has 1 fully saturated rings. The maximum absolute atomic E-state index is 8.80. The third-order valence-electron chi connectivity index (χ3n) is 2.87. The van der Waals surface area contributed by atoms with Gasteiger partial charge in [0.25, 0.3) is 0 Å². The van der Waals surface area contributed by atoms with Gasteiger partial charge in [0.05, 0.1) is 6.61 Å². The summed E-state index contributed by atoms with van der Waals surface area (Å²) >= 11 is 0. The molecule has 4 N–H and O–H groups in total. The van der Waals surface area contributed by atoms with Gasteiger partial charge in [0, 0.05) is 51.9 Å². The minimum atomic E-state index is 0.0828. The molecule has 0 aliphatic carbocycles. The number of hydrogen-bond donors (Lipinski definition) is 3. The lowest BCUT2D eigenvalue weighted by Gasteiger charge is -2.35. The molecule has 5 nitrogen and oxygen atoms in total. The Morgan fingerprint density at radius 1 is 1.00 bits per heavy atom. The van der Waals surface area contributed by atoms with Crippen molar-refractivity contribution in [3.05, 3.63) is 0 Å². The molecule has 0 aromatic heterocycles. The first kappa shape index (κ1) is 12.9. The molecular formula is C10H23N3O2. The first-order valence-corrected chi connectivity index (χ1v) is 5.68. The van der Waals surface area contributed by atoms with Gasteiger partial charge in [-0.15, -0.1) is 0 Å². The van der Waals surface area contributed by atoms with Gasteiger partial charge in [0.1, 0.15) is 0 Å². The van der Waals surface area contributed by atoms with Crippen LogP contribution in [0.4, 0.5) is 0 Å². The third kappa shape index (κ3) is 4.90. The fraction of sp³-hybridized carbons (Fsp3) is 1.00. The van der Waals surface area contributed by atoms with Crippen LogP contribution in [0.15, 0.2) is 0 Å². The summed E-state index contributed by atoms with van der Waals surface area (Å²) in [6.07, 6.45) is 0.677. The Balaban J connectivity index is 2.14. The van der Waals surface area contributed by atoms with Crippen LogP contribution in [-0.4, -0.2) is 78.5 Å². The second-order valence-corrected chi connectivity index (χ2v) is 4.14. The van der Waals surface area contributed by atoms with Crippen LogP contribution >= 0.6 is 0 Å². The highest BCUT2D eigenvalue weighted by molar-refractivity contribution is 4.75. The van der Waals surface area contributed by atoms with Crippen LogP contribution in [0.1, 0.15) is 6.42 Å². The number of nitrogens with two attached hydrogens (primary N) is 1. The van der Waals surface area contributed by atoms with Crippen LogP contribution in [0.3, 0.4) is 0 Å². The Kier molecular flexibility index (Phi) is 6.12. The van der Waals surface area contributed by atoms with Gasteiger partial charge in [-0.05, 0) is 6.42 Å². The number of piperazine rings is 1. The van der Waals surface area contributed by atoms with Gasteiger partial charge in [-0.25, -0.2) is 0 Å². The second kappa shape index (κ2) is 7.14. The molecule has 0 radical (unpaired) electrons. The van der Waals surface area contributed by atoms with Gasteiger partial charge in [-0.2, -0.15) is 0 Å². The molecule has 0 aromatic rings. The standard InChI is InChI=1S/C10H23N3O2/c11-10(1-7-14)9-13-4-2-12(3-5-13)6-8-15/h10,14-15H,1-9,11H2. The zero-order chi connectivity index (χ0) is 11.1. The Labute approximate surface area is 91.5 Å². The summed E-state index contributed by atoms with van der Waals surface area (Å²) in [6, 6.07) is 0.0828. The number of rotatable bonds is 6. The Morgan fingerprint density at radius 3 is 2.13 bits per heavy atom. The average Bonchev–Trinajstić information content (AvgIpc) is 2.22. The molecule has 1 saturated heterocycles. The lowest BCUT2D eigenvalue weighted by atomic mass is 10.2. The van der Waals surface area contributed by atoms with E-state index in [-0.39, 0.29) is 19.3 Å². The molecular weight excluding hydrogens is 194 g/mol. The summed E-state index contributed by atoms with van der Waals surface area (Å²) in [7, 11) is 0. The summed E-state index contributed by atoms with van der Waals surface area (Å²) in [4.78, 5) is 4.59. The molecule has 1 rings (SSSR count). The largest absolute Gasteiger partial charge is 0.396 e. The molecule has 0 amide bonds. The van der Waals surface area contributed by atoms with Crippen LogP contribution in [0.2, 0.25) is 0 Å². The molecule has 1 aliphatic rings. The second-order valence-electron chi connectivity index (χ2n) is 4.14. The van der Waals surface area contributed by atoms with Gasteiger partial charge in [-0.1, -0.05) is 0 Å². The van der Waals surface area contributed by atoms with E-state index in [1.165, 1.54) is 0 Å². The summed E-state index contributed by atoms with van der Waals surface area (Å²) < 4.78 is 0. The summed E-state index contributed by atoms with van der Waals surface area (Å²) in [5.74, 6) is 0. The van der Waals surface area contributed by atoms with Gasteiger partial charge in [0.2, 0.25) is 0 Å². The highest BCUT2D eigenvalue weighted by Gasteiger charge is 2.17. The molecule has 90 valence electrons. The van der Waals surface area contributed by atoms with Crippen molar-refractivity contribution in [2.24, 2.45) is 5.73 Å². The van der Waals surface area contributed by atoms with E-state index in [2.05, 4.69) is 9.80 Å². The lowest BCUT2D eigenvalue weighted by molar-refractivity contribution is 0.106. The number of aliphatic hydroxyl groups is 2. The maximum atomic E-state index is 8.80. The molecule has 1 aliphatic heterocycles. The maximum Gasteiger partial charge on any atom is 0.0558 e. The third-order valence-corrected chi connectivity index (χ3v) is 2.87. The van der Waals surface area contributed by atoms with Crippen molar-refractivity contribution in [1.82, 2.24) is 9.80 Å². The van der Waals surface area contributed by atoms with Crippen LogP contribution in [0, 0.1) is 0 Å². The van der Waals surface area contributed by atoms with Crippen molar-refractivity contribution in [3.8, 4) is 0 Å². The average molecular weight is 217 g/mol. The zero-order valence-corrected chi connectivity index (χ0v) is 9.31. The predicted molar refractivity (Wildman–Crippen MR) is 59.6 cm³/mol. The molecule has 1 atom stereocenters. The topological polar surface area (TPSA) is 73.0 Å². The normalized spacial score (nSPS) is 21.8. The van der Waals surface area contributed by atoms with E-state index >= 15 is 0 Å². The van der Waals surface area contributed by atoms with Crippen molar-refractivity contribution >= 4 is 0 Å².